The van der Waals surface area contributed by atoms with Gasteiger partial charge in [0.15, 0.2) is 0 Å². The van der Waals surface area contributed by atoms with Crippen molar-refractivity contribution in [3.05, 3.63) is 78.1 Å². The summed E-state index contributed by atoms with van der Waals surface area (Å²) in [5.74, 6) is 3.13. The van der Waals surface area contributed by atoms with Gasteiger partial charge in [0.2, 0.25) is 0 Å². The van der Waals surface area contributed by atoms with Crippen LogP contribution in [0.25, 0.3) is 11.1 Å². The quantitative estimate of drug-likeness (QED) is 0.647. The number of fused-ring (bicyclic) bond motifs is 4. The van der Waals surface area contributed by atoms with Crippen molar-refractivity contribution in [1.29, 1.82) is 0 Å². The summed E-state index contributed by atoms with van der Waals surface area (Å²) < 4.78 is 6.39. The first-order valence-electron chi connectivity index (χ1n) is 10.4. The standard InChI is InChI=1S/C25H24N2O/c1-2-6-23-21(5-1)25(18-12-19-8-9-20(13-18)27-19)22-10-7-16(14-24(22)28-23)17-4-3-11-26-15-17/h1-7,10-11,14-15,18-20,25,27H,8-9,12-13H2. The summed E-state index contributed by atoms with van der Waals surface area (Å²) in [7, 11) is 0. The fourth-order valence-corrected chi connectivity index (χ4v) is 5.59. The summed E-state index contributed by atoms with van der Waals surface area (Å²) in [5, 5.41) is 3.80. The van der Waals surface area contributed by atoms with Crippen LogP contribution >= 0.6 is 0 Å². The summed E-state index contributed by atoms with van der Waals surface area (Å²) in [5.41, 5.74) is 4.99. The lowest BCUT2D eigenvalue weighted by atomic mass is 9.73. The summed E-state index contributed by atoms with van der Waals surface area (Å²) >= 11 is 0. The molecule has 140 valence electrons. The van der Waals surface area contributed by atoms with Gasteiger partial charge in [-0.25, -0.2) is 0 Å². The molecule has 2 saturated heterocycles. The number of rotatable bonds is 2. The number of hydrogen-bond acceptors (Lipinski definition) is 3. The van der Waals surface area contributed by atoms with Gasteiger partial charge in [0.1, 0.15) is 11.5 Å². The minimum absolute atomic E-state index is 0.424. The fourth-order valence-electron chi connectivity index (χ4n) is 5.59. The Morgan fingerprint density at radius 1 is 0.821 bits per heavy atom. The van der Waals surface area contributed by atoms with Crippen LogP contribution in [-0.4, -0.2) is 17.1 Å². The molecule has 6 rings (SSSR count). The van der Waals surface area contributed by atoms with Crippen LogP contribution in [0.5, 0.6) is 11.5 Å². The molecule has 0 radical (unpaired) electrons. The highest BCUT2D eigenvalue weighted by Crippen LogP contribution is 2.52. The Labute approximate surface area is 165 Å². The summed E-state index contributed by atoms with van der Waals surface area (Å²) in [6.45, 7) is 0. The average molecular weight is 368 g/mol. The summed E-state index contributed by atoms with van der Waals surface area (Å²) in [6.07, 6.45) is 8.92. The van der Waals surface area contributed by atoms with E-state index in [1.165, 1.54) is 36.8 Å². The van der Waals surface area contributed by atoms with Crippen LogP contribution < -0.4 is 10.1 Å². The maximum atomic E-state index is 6.39. The fraction of sp³-hybridized carbons (Fsp3) is 0.320. The first-order valence-corrected chi connectivity index (χ1v) is 10.4. The second kappa shape index (κ2) is 6.46. The lowest BCUT2D eigenvalue weighted by Crippen LogP contribution is -2.40. The second-order valence-electron chi connectivity index (χ2n) is 8.48. The molecule has 0 aliphatic carbocycles. The smallest absolute Gasteiger partial charge is 0.131 e. The third kappa shape index (κ3) is 2.65. The highest BCUT2D eigenvalue weighted by atomic mass is 16.5. The Morgan fingerprint density at radius 3 is 2.46 bits per heavy atom. The van der Waals surface area contributed by atoms with E-state index in [9.17, 15) is 0 Å². The number of piperidine rings is 1. The third-order valence-electron chi connectivity index (χ3n) is 6.80. The molecule has 3 unspecified atom stereocenters. The van der Waals surface area contributed by atoms with Crippen molar-refractivity contribution in [3.8, 4) is 22.6 Å². The normalized spacial score (nSPS) is 27.6. The molecule has 1 N–H and O–H groups in total. The second-order valence-corrected chi connectivity index (χ2v) is 8.48. The van der Waals surface area contributed by atoms with Gasteiger partial charge < -0.3 is 10.1 Å². The monoisotopic (exact) mass is 368 g/mol. The number of ether oxygens (including phenoxy) is 1. The van der Waals surface area contributed by atoms with Gasteiger partial charge in [0, 0.05) is 47.1 Å². The predicted octanol–water partition coefficient (Wildman–Crippen LogP) is 5.52. The van der Waals surface area contributed by atoms with Crippen LogP contribution in [0.15, 0.2) is 67.0 Å². The zero-order chi connectivity index (χ0) is 18.5. The van der Waals surface area contributed by atoms with Crippen molar-refractivity contribution in [3.63, 3.8) is 0 Å². The van der Waals surface area contributed by atoms with E-state index in [-0.39, 0.29) is 0 Å². The summed E-state index contributed by atoms with van der Waals surface area (Å²) in [4.78, 5) is 4.27. The van der Waals surface area contributed by atoms with Crippen molar-refractivity contribution < 1.29 is 4.74 Å². The number of pyridine rings is 1. The maximum absolute atomic E-state index is 6.39. The van der Waals surface area contributed by atoms with E-state index in [0.29, 0.717) is 23.9 Å². The lowest BCUT2D eigenvalue weighted by molar-refractivity contribution is 0.267. The average Bonchev–Trinajstić information content (AvgIpc) is 3.09. The first kappa shape index (κ1) is 16.3. The summed E-state index contributed by atoms with van der Waals surface area (Å²) in [6, 6.07) is 20.8. The van der Waals surface area contributed by atoms with E-state index in [0.717, 1.165) is 22.6 Å². The third-order valence-corrected chi connectivity index (χ3v) is 6.80. The molecule has 2 fully saturated rings. The molecule has 3 aliphatic rings. The zero-order valence-corrected chi connectivity index (χ0v) is 15.8. The highest BCUT2D eigenvalue weighted by molar-refractivity contribution is 5.67. The Bertz CT molecular complexity index is 1000. The molecule has 2 bridgehead atoms. The van der Waals surface area contributed by atoms with Crippen LogP contribution in [0.1, 0.15) is 42.7 Å². The molecule has 3 nitrogen and oxygen atoms in total. The van der Waals surface area contributed by atoms with Crippen molar-refractivity contribution in [2.24, 2.45) is 5.92 Å². The molecule has 0 spiro atoms. The van der Waals surface area contributed by atoms with E-state index in [4.69, 9.17) is 4.74 Å². The zero-order valence-electron chi connectivity index (χ0n) is 15.8. The van der Waals surface area contributed by atoms with Crippen molar-refractivity contribution >= 4 is 0 Å². The van der Waals surface area contributed by atoms with E-state index in [1.807, 2.05) is 18.5 Å². The Morgan fingerprint density at radius 2 is 1.64 bits per heavy atom. The van der Waals surface area contributed by atoms with Crippen molar-refractivity contribution in [2.75, 3.05) is 0 Å². The van der Waals surface area contributed by atoms with Crippen LogP contribution in [0, 0.1) is 5.92 Å². The molecule has 1 aromatic heterocycles. The highest BCUT2D eigenvalue weighted by Gasteiger charge is 2.41. The molecule has 3 atom stereocenters. The lowest BCUT2D eigenvalue weighted by Gasteiger charge is -2.38. The number of nitrogens with one attached hydrogen (secondary N) is 1. The van der Waals surface area contributed by atoms with Gasteiger partial charge in [-0.15, -0.1) is 0 Å². The van der Waals surface area contributed by atoms with Gasteiger partial charge in [0.05, 0.1) is 0 Å². The Kier molecular flexibility index (Phi) is 3.76. The SMILES string of the molecule is c1cncc(-c2ccc3c(c2)Oc2ccccc2C3C2CC3CCC(C2)N3)c1. The molecule has 3 aliphatic heterocycles. The minimum atomic E-state index is 0.424. The molecule has 0 saturated carbocycles. The van der Waals surface area contributed by atoms with Crippen LogP contribution in [-0.2, 0) is 0 Å². The Hall–Kier alpha value is -2.65. The molecule has 3 heteroatoms. The molecule has 2 aromatic carbocycles. The molecule has 28 heavy (non-hydrogen) atoms. The van der Waals surface area contributed by atoms with Crippen LogP contribution in [0.4, 0.5) is 0 Å². The van der Waals surface area contributed by atoms with E-state index in [1.54, 1.807) is 0 Å². The predicted molar refractivity (Wildman–Crippen MR) is 111 cm³/mol. The van der Waals surface area contributed by atoms with Gasteiger partial charge in [-0.3, -0.25) is 4.98 Å². The number of nitrogens with zero attached hydrogens (tertiary/aromatic N) is 1. The number of aromatic nitrogens is 1. The molecule has 4 heterocycles. The molecular formula is C25H24N2O. The van der Waals surface area contributed by atoms with Gasteiger partial charge in [-0.1, -0.05) is 36.4 Å². The number of para-hydroxylation sites is 1. The maximum Gasteiger partial charge on any atom is 0.131 e. The van der Waals surface area contributed by atoms with Crippen LogP contribution in [0.2, 0.25) is 0 Å². The van der Waals surface area contributed by atoms with Gasteiger partial charge >= 0.3 is 0 Å². The van der Waals surface area contributed by atoms with Gasteiger partial charge in [-0.05, 0) is 55.4 Å². The first-order chi connectivity index (χ1) is 13.8. The van der Waals surface area contributed by atoms with Gasteiger partial charge in [-0.2, -0.15) is 0 Å². The van der Waals surface area contributed by atoms with E-state index < -0.39 is 0 Å². The van der Waals surface area contributed by atoms with E-state index >= 15 is 0 Å². The molecule has 3 aromatic rings. The largest absolute Gasteiger partial charge is 0.457 e. The molecule has 0 amide bonds. The molecular weight excluding hydrogens is 344 g/mol. The Balaban J connectivity index is 1.45. The van der Waals surface area contributed by atoms with E-state index in [2.05, 4.69) is 58.8 Å². The van der Waals surface area contributed by atoms with Crippen molar-refractivity contribution in [2.45, 2.75) is 43.7 Å². The van der Waals surface area contributed by atoms with Gasteiger partial charge in [0.25, 0.3) is 0 Å². The van der Waals surface area contributed by atoms with Crippen LogP contribution in [0.3, 0.4) is 0 Å². The van der Waals surface area contributed by atoms with Crippen molar-refractivity contribution in [1.82, 2.24) is 10.3 Å². The number of hydrogen-bond donors (Lipinski definition) is 1. The topological polar surface area (TPSA) is 34.1 Å². The number of benzene rings is 2. The minimum Gasteiger partial charge on any atom is -0.457 e.